The Kier molecular flexibility index (Phi) is 6.87. The molecule has 1 aliphatic rings. The summed E-state index contributed by atoms with van der Waals surface area (Å²) in [5.41, 5.74) is 2.42. The number of amides is 2. The van der Waals surface area contributed by atoms with Crippen LogP contribution in [0.25, 0.3) is 0 Å². The predicted octanol–water partition coefficient (Wildman–Crippen LogP) is 4.86. The smallest absolute Gasteiger partial charge is 0.242 e. The molecule has 7 heteroatoms. The van der Waals surface area contributed by atoms with Gasteiger partial charge in [0.2, 0.25) is 11.8 Å². The number of amidine groups is 1. The third-order valence-electron chi connectivity index (χ3n) is 4.93. The van der Waals surface area contributed by atoms with E-state index in [1.165, 1.54) is 11.8 Å². The van der Waals surface area contributed by atoms with Crippen molar-refractivity contribution in [2.45, 2.75) is 18.2 Å². The molecule has 1 saturated heterocycles. The topological polar surface area (TPSA) is 71.0 Å². The van der Waals surface area contributed by atoms with Crippen LogP contribution in [-0.2, 0) is 16.1 Å². The van der Waals surface area contributed by atoms with Gasteiger partial charge in [0.05, 0.1) is 19.3 Å². The van der Waals surface area contributed by atoms with Gasteiger partial charge in [0, 0.05) is 12.1 Å². The van der Waals surface area contributed by atoms with Gasteiger partial charge < -0.3 is 10.1 Å². The van der Waals surface area contributed by atoms with Crippen LogP contribution >= 0.6 is 11.8 Å². The van der Waals surface area contributed by atoms with Gasteiger partial charge >= 0.3 is 0 Å². The number of nitrogens with one attached hydrogen (secondary N) is 1. The van der Waals surface area contributed by atoms with Crippen molar-refractivity contribution in [3.8, 4) is 5.75 Å². The molecular formula is C25H23N3O3S. The van der Waals surface area contributed by atoms with Crippen molar-refractivity contribution in [2.24, 2.45) is 4.99 Å². The number of benzene rings is 3. The van der Waals surface area contributed by atoms with Gasteiger partial charge in [-0.1, -0.05) is 60.3 Å². The minimum atomic E-state index is -0.528. The van der Waals surface area contributed by atoms with Gasteiger partial charge in [-0.05, 0) is 42.0 Å². The number of carbonyl (C=O) groups excluding carboxylic acids is 2. The van der Waals surface area contributed by atoms with Crippen LogP contribution in [0.3, 0.4) is 0 Å². The standard InChI is InChI=1S/C25H23N3O3S/c1-31-21-14-12-20(13-15-21)27-25-28(17-18-8-4-2-5-9-18)24(30)22(32-25)16-23(29)26-19-10-6-3-7-11-19/h2-15,22H,16-17H2,1H3,(H,26,29)/t22-/m0/s1. The van der Waals surface area contributed by atoms with E-state index in [2.05, 4.69) is 5.32 Å². The van der Waals surface area contributed by atoms with Crippen molar-refractivity contribution in [3.63, 3.8) is 0 Å². The number of anilines is 1. The maximum absolute atomic E-state index is 13.2. The van der Waals surface area contributed by atoms with Gasteiger partial charge in [-0.15, -0.1) is 0 Å². The third-order valence-corrected chi connectivity index (χ3v) is 6.10. The lowest BCUT2D eigenvalue weighted by atomic mass is 10.2. The van der Waals surface area contributed by atoms with E-state index in [9.17, 15) is 9.59 Å². The molecule has 0 spiro atoms. The summed E-state index contributed by atoms with van der Waals surface area (Å²) in [4.78, 5) is 32.1. The fraction of sp³-hybridized carbons (Fsp3) is 0.160. The van der Waals surface area contributed by atoms with Crippen LogP contribution in [-0.4, -0.2) is 34.2 Å². The lowest BCUT2D eigenvalue weighted by Crippen LogP contribution is -2.33. The number of aliphatic imine (C=N–C) groups is 1. The van der Waals surface area contributed by atoms with Gasteiger partial charge in [-0.3, -0.25) is 14.5 Å². The lowest BCUT2D eigenvalue weighted by molar-refractivity contribution is -0.128. The molecule has 162 valence electrons. The first-order valence-electron chi connectivity index (χ1n) is 10.2. The highest BCUT2D eigenvalue weighted by molar-refractivity contribution is 8.15. The Morgan fingerprint density at radius 1 is 1.00 bits per heavy atom. The summed E-state index contributed by atoms with van der Waals surface area (Å²) >= 11 is 1.32. The number of hydrogen-bond acceptors (Lipinski definition) is 5. The number of nitrogens with zero attached hydrogens (tertiary/aromatic N) is 2. The number of ether oxygens (including phenoxy) is 1. The second kappa shape index (κ2) is 10.2. The van der Waals surface area contributed by atoms with Crippen molar-refractivity contribution >= 4 is 40.1 Å². The summed E-state index contributed by atoms with van der Waals surface area (Å²) in [7, 11) is 1.61. The molecule has 1 heterocycles. The zero-order valence-electron chi connectivity index (χ0n) is 17.6. The molecule has 6 nitrogen and oxygen atoms in total. The number of thioether (sulfide) groups is 1. The van der Waals surface area contributed by atoms with Crippen LogP contribution in [0, 0.1) is 0 Å². The van der Waals surface area contributed by atoms with Gasteiger partial charge in [-0.25, -0.2) is 4.99 Å². The van der Waals surface area contributed by atoms with Crippen molar-refractivity contribution in [2.75, 3.05) is 12.4 Å². The lowest BCUT2D eigenvalue weighted by Gasteiger charge is -2.16. The summed E-state index contributed by atoms with van der Waals surface area (Å²) in [5, 5.41) is 2.91. The number of para-hydroxylation sites is 1. The summed E-state index contributed by atoms with van der Waals surface area (Å²) in [6.45, 7) is 0.401. The van der Waals surface area contributed by atoms with E-state index < -0.39 is 5.25 Å². The van der Waals surface area contributed by atoms with Crippen LogP contribution < -0.4 is 10.1 Å². The van der Waals surface area contributed by atoms with E-state index in [0.717, 1.165) is 11.3 Å². The maximum atomic E-state index is 13.2. The number of hydrogen-bond donors (Lipinski definition) is 1. The summed E-state index contributed by atoms with van der Waals surface area (Å²) in [6.07, 6.45) is 0.0747. The SMILES string of the molecule is COc1ccc(N=C2S[C@@H](CC(=O)Nc3ccccc3)C(=O)N2Cc2ccccc2)cc1. The highest BCUT2D eigenvalue weighted by Crippen LogP contribution is 2.33. The fourth-order valence-electron chi connectivity index (χ4n) is 3.31. The Morgan fingerprint density at radius 2 is 1.66 bits per heavy atom. The second-order valence-corrected chi connectivity index (χ2v) is 8.40. The van der Waals surface area contributed by atoms with E-state index in [0.29, 0.717) is 23.1 Å². The summed E-state index contributed by atoms with van der Waals surface area (Å²) < 4.78 is 5.20. The Bertz CT molecular complexity index is 1100. The molecule has 0 aliphatic carbocycles. The molecule has 0 bridgehead atoms. The minimum Gasteiger partial charge on any atom is -0.497 e. The molecule has 4 rings (SSSR count). The van der Waals surface area contributed by atoms with Gasteiger partial charge in [0.1, 0.15) is 11.0 Å². The van der Waals surface area contributed by atoms with E-state index >= 15 is 0 Å². The van der Waals surface area contributed by atoms with Crippen LogP contribution in [0.15, 0.2) is 89.9 Å². The Labute approximate surface area is 191 Å². The Hall–Kier alpha value is -3.58. The molecular weight excluding hydrogens is 422 g/mol. The van der Waals surface area contributed by atoms with Crippen molar-refractivity contribution in [3.05, 3.63) is 90.5 Å². The number of rotatable bonds is 7. The molecule has 0 radical (unpaired) electrons. The minimum absolute atomic E-state index is 0.0747. The molecule has 1 aliphatic heterocycles. The maximum Gasteiger partial charge on any atom is 0.242 e. The number of carbonyl (C=O) groups is 2. The molecule has 1 atom stereocenters. The van der Waals surface area contributed by atoms with Crippen LogP contribution in [0.4, 0.5) is 11.4 Å². The van der Waals surface area contributed by atoms with Crippen molar-refractivity contribution < 1.29 is 14.3 Å². The normalized spacial score (nSPS) is 16.9. The van der Waals surface area contributed by atoms with Crippen LogP contribution in [0.2, 0.25) is 0 Å². The zero-order valence-corrected chi connectivity index (χ0v) is 18.4. The first kappa shape index (κ1) is 21.6. The molecule has 32 heavy (non-hydrogen) atoms. The number of methoxy groups -OCH3 is 1. The second-order valence-electron chi connectivity index (χ2n) is 7.23. The van der Waals surface area contributed by atoms with E-state index in [1.807, 2.05) is 84.9 Å². The Morgan fingerprint density at radius 3 is 2.31 bits per heavy atom. The molecule has 3 aromatic carbocycles. The molecule has 1 N–H and O–H groups in total. The van der Waals surface area contributed by atoms with Crippen LogP contribution in [0.5, 0.6) is 5.75 Å². The van der Waals surface area contributed by atoms with Gasteiger partial charge in [-0.2, -0.15) is 0 Å². The molecule has 0 aromatic heterocycles. The van der Waals surface area contributed by atoms with E-state index in [-0.39, 0.29) is 18.2 Å². The molecule has 0 unspecified atom stereocenters. The summed E-state index contributed by atoms with van der Waals surface area (Å²) in [6, 6.07) is 26.3. The molecule has 3 aromatic rings. The Balaban J connectivity index is 1.54. The largest absolute Gasteiger partial charge is 0.497 e. The quantitative estimate of drug-likeness (QED) is 0.564. The first-order chi connectivity index (χ1) is 15.6. The molecule has 0 saturated carbocycles. The van der Waals surface area contributed by atoms with E-state index in [4.69, 9.17) is 9.73 Å². The van der Waals surface area contributed by atoms with Crippen LogP contribution in [0.1, 0.15) is 12.0 Å². The predicted molar refractivity (Wildman–Crippen MR) is 128 cm³/mol. The summed E-state index contributed by atoms with van der Waals surface area (Å²) in [5.74, 6) is 0.419. The average molecular weight is 446 g/mol. The van der Waals surface area contributed by atoms with Gasteiger partial charge in [0.25, 0.3) is 0 Å². The highest BCUT2D eigenvalue weighted by atomic mass is 32.2. The first-order valence-corrected chi connectivity index (χ1v) is 11.1. The average Bonchev–Trinajstić information content (AvgIpc) is 3.09. The van der Waals surface area contributed by atoms with Crippen molar-refractivity contribution in [1.82, 2.24) is 4.90 Å². The zero-order chi connectivity index (χ0) is 22.3. The van der Waals surface area contributed by atoms with E-state index in [1.54, 1.807) is 12.0 Å². The molecule has 1 fully saturated rings. The van der Waals surface area contributed by atoms with Crippen molar-refractivity contribution in [1.29, 1.82) is 0 Å². The highest BCUT2D eigenvalue weighted by Gasteiger charge is 2.39. The molecule has 2 amide bonds. The fourth-order valence-corrected chi connectivity index (χ4v) is 4.46. The third kappa shape index (κ3) is 5.36. The van der Waals surface area contributed by atoms with Gasteiger partial charge in [0.15, 0.2) is 5.17 Å². The monoisotopic (exact) mass is 445 g/mol.